The van der Waals surface area contributed by atoms with Crippen molar-refractivity contribution in [2.45, 2.75) is 46.2 Å². The fourth-order valence-corrected chi connectivity index (χ4v) is 2.01. The molecule has 0 saturated heterocycles. The lowest BCUT2D eigenvalue weighted by atomic mass is 9.82. The largest absolute Gasteiger partial charge is 0.401 e. The molecule has 1 N–H and O–H groups in total. The Morgan fingerprint density at radius 3 is 1.82 bits per heavy atom. The van der Waals surface area contributed by atoms with Crippen LogP contribution in [0.15, 0.2) is 0 Å². The molecule has 104 valence electrons. The zero-order valence-corrected chi connectivity index (χ0v) is 11.0. The van der Waals surface area contributed by atoms with Crippen molar-refractivity contribution in [2.24, 2.45) is 5.41 Å². The van der Waals surface area contributed by atoms with Crippen molar-refractivity contribution in [3.63, 3.8) is 0 Å². The Kier molecular flexibility index (Phi) is 7.09. The fraction of sp³-hybridized carbons (Fsp3) is 1.00. The number of aliphatic hydroxyl groups excluding tert-OH is 1. The molecule has 0 aromatic carbocycles. The molecule has 17 heavy (non-hydrogen) atoms. The Labute approximate surface area is 102 Å². The molecular formula is C12H24F3NO. The SMILES string of the molecule is CCCN(CC(F)(F)F)CC(CC)(CC)CO. The summed E-state index contributed by atoms with van der Waals surface area (Å²) >= 11 is 0. The van der Waals surface area contributed by atoms with Gasteiger partial charge in [-0.05, 0) is 25.8 Å². The third-order valence-corrected chi connectivity index (χ3v) is 3.34. The zero-order chi connectivity index (χ0) is 13.5. The first-order chi connectivity index (χ1) is 7.82. The number of hydrogen-bond acceptors (Lipinski definition) is 2. The van der Waals surface area contributed by atoms with Crippen molar-refractivity contribution in [1.29, 1.82) is 0 Å². The average Bonchev–Trinajstić information content (AvgIpc) is 2.24. The van der Waals surface area contributed by atoms with Crippen LogP contribution in [-0.4, -0.2) is 42.4 Å². The summed E-state index contributed by atoms with van der Waals surface area (Å²) in [6.45, 7) is 5.47. The van der Waals surface area contributed by atoms with Crippen LogP contribution in [0.4, 0.5) is 13.2 Å². The van der Waals surface area contributed by atoms with Gasteiger partial charge in [-0.3, -0.25) is 4.90 Å². The Morgan fingerprint density at radius 2 is 1.53 bits per heavy atom. The molecule has 0 bridgehead atoms. The van der Waals surface area contributed by atoms with Crippen LogP contribution in [-0.2, 0) is 0 Å². The predicted molar refractivity (Wildman–Crippen MR) is 62.9 cm³/mol. The monoisotopic (exact) mass is 255 g/mol. The maximum atomic E-state index is 12.4. The van der Waals surface area contributed by atoms with Crippen LogP contribution in [0, 0.1) is 5.41 Å². The molecule has 0 aliphatic carbocycles. The van der Waals surface area contributed by atoms with Crippen molar-refractivity contribution in [1.82, 2.24) is 4.90 Å². The first-order valence-electron chi connectivity index (χ1n) is 6.22. The van der Waals surface area contributed by atoms with E-state index in [2.05, 4.69) is 0 Å². The number of nitrogens with zero attached hydrogens (tertiary/aromatic N) is 1. The van der Waals surface area contributed by atoms with Crippen LogP contribution in [0.1, 0.15) is 40.0 Å². The molecule has 0 saturated carbocycles. The lowest BCUT2D eigenvalue weighted by Gasteiger charge is -2.36. The van der Waals surface area contributed by atoms with Gasteiger partial charge in [0.1, 0.15) is 0 Å². The van der Waals surface area contributed by atoms with Gasteiger partial charge < -0.3 is 5.11 Å². The van der Waals surface area contributed by atoms with E-state index in [-0.39, 0.29) is 6.61 Å². The third kappa shape index (κ3) is 6.27. The van der Waals surface area contributed by atoms with Gasteiger partial charge >= 0.3 is 6.18 Å². The summed E-state index contributed by atoms with van der Waals surface area (Å²) in [5.74, 6) is 0. The molecule has 0 heterocycles. The summed E-state index contributed by atoms with van der Waals surface area (Å²) in [6.07, 6.45) is -2.10. The number of halogens is 3. The van der Waals surface area contributed by atoms with Gasteiger partial charge in [-0.25, -0.2) is 0 Å². The van der Waals surface area contributed by atoms with Crippen LogP contribution in [0.2, 0.25) is 0 Å². The molecular weight excluding hydrogens is 231 g/mol. The molecule has 0 spiro atoms. The molecule has 0 aliphatic rings. The summed E-state index contributed by atoms with van der Waals surface area (Å²) in [4.78, 5) is 1.41. The maximum Gasteiger partial charge on any atom is 0.401 e. The zero-order valence-electron chi connectivity index (χ0n) is 11.0. The minimum absolute atomic E-state index is 0.0575. The molecule has 0 radical (unpaired) electrons. The molecule has 0 aromatic heterocycles. The molecule has 0 atom stereocenters. The van der Waals surface area contributed by atoms with Gasteiger partial charge in [0.2, 0.25) is 0 Å². The van der Waals surface area contributed by atoms with Crippen LogP contribution < -0.4 is 0 Å². The molecule has 0 fully saturated rings. The van der Waals surface area contributed by atoms with Crippen molar-refractivity contribution >= 4 is 0 Å². The summed E-state index contributed by atoms with van der Waals surface area (Å²) in [7, 11) is 0. The van der Waals surface area contributed by atoms with Crippen molar-refractivity contribution in [3.05, 3.63) is 0 Å². The molecule has 0 amide bonds. The second kappa shape index (κ2) is 7.21. The minimum atomic E-state index is -4.17. The summed E-state index contributed by atoms with van der Waals surface area (Å²) in [6, 6.07) is 0. The Hall–Kier alpha value is -0.290. The van der Waals surface area contributed by atoms with E-state index in [4.69, 9.17) is 0 Å². The molecule has 0 unspecified atom stereocenters. The van der Waals surface area contributed by atoms with Gasteiger partial charge in [0, 0.05) is 18.6 Å². The van der Waals surface area contributed by atoms with Crippen LogP contribution in [0.5, 0.6) is 0 Å². The first kappa shape index (κ1) is 16.7. The van der Waals surface area contributed by atoms with Crippen LogP contribution in [0.3, 0.4) is 0 Å². The normalized spacial score (nSPS) is 13.4. The van der Waals surface area contributed by atoms with E-state index in [0.717, 1.165) is 0 Å². The Balaban J connectivity index is 4.60. The van der Waals surface area contributed by atoms with E-state index in [1.807, 2.05) is 20.8 Å². The van der Waals surface area contributed by atoms with E-state index in [1.165, 1.54) is 4.90 Å². The van der Waals surface area contributed by atoms with E-state index in [9.17, 15) is 18.3 Å². The minimum Gasteiger partial charge on any atom is -0.396 e. The van der Waals surface area contributed by atoms with Gasteiger partial charge in [0.25, 0.3) is 0 Å². The van der Waals surface area contributed by atoms with Crippen molar-refractivity contribution in [3.8, 4) is 0 Å². The van der Waals surface area contributed by atoms with Crippen LogP contribution in [0.25, 0.3) is 0 Å². The van der Waals surface area contributed by atoms with Crippen LogP contribution >= 0.6 is 0 Å². The van der Waals surface area contributed by atoms with Gasteiger partial charge in [-0.2, -0.15) is 13.2 Å². The summed E-state index contributed by atoms with van der Waals surface area (Å²) in [5.41, 5.74) is -0.402. The fourth-order valence-electron chi connectivity index (χ4n) is 2.01. The highest BCUT2D eigenvalue weighted by atomic mass is 19.4. The van der Waals surface area contributed by atoms with Crippen molar-refractivity contribution < 1.29 is 18.3 Å². The molecule has 0 aliphatic heterocycles. The van der Waals surface area contributed by atoms with E-state index >= 15 is 0 Å². The summed E-state index contributed by atoms with van der Waals surface area (Å²) in [5, 5.41) is 9.38. The lowest BCUT2D eigenvalue weighted by Crippen LogP contribution is -2.44. The quantitative estimate of drug-likeness (QED) is 0.720. The summed E-state index contributed by atoms with van der Waals surface area (Å²) < 4.78 is 37.2. The van der Waals surface area contributed by atoms with Gasteiger partial charge in [0.15, 0.2) is 0 Å². The number of hydrogen-bond donors (Lipinski definition) is 1. The number of aliphatic hydroxyl groups is 1. The second-order valence-electron chi connectivity index (χ2n) is 4.69. The molecule has 0 rings (SSSR count). The molecule has 5 heteroatoms. The predicted octanol–water partition coefficient (Wildman–Crippen LogP) is 3.06. The second-order valence-corrected chi connectivity index (χ2v) is 4.69. The standard InChI is InChI=1S/C12H24F3NO/c1-4-7-16(9-12(13,14)15)8-11(5-2,6-3)10-17/h17H,4-10H2,1-3H3. The Bertz CT molecular complexity index is 194. The lowest BCUT2D eigenvalue weighted by molar-refractivity contribution is -0.150. The van der Waals surface area contributed by atoms with E-state index < -0.39 is 18.1 Å². The highest BCUT2D eigenvalue weighted by molar-refractivity contribution is 4.80. The Morgan fingerprint density at radius 1 is 1.00 bits per heavy atom. The van der Waals surface area contributed by atoms with E-state index in [0.29, 0.717) is 32.4 Å². The van der Waals surface area contributed by atoms with Gasteiger partial charge in [-0.1, -0.05) is 20.8 Å². The molecule has 0 aromatic rings. The van der Waals surface area contributed by atoms with E-state index in [1.54, 1.807) is 0 Å². The molecule has 2 nitrogen and oxygen atoms in total. The maximum absolute atomic E-state index is 12.4. The topological polar surface area (TPSA) is 23.5 Å². The number of rotatable bonds is 8. The van der Waals surface area contributed by atoms with Gasteiger partial charge in [-0.15, -0.1) is 0 Å². The van der Waals surface area contributed by atoms with Crippen molar-refractivity contribution in [2.75, 3.05) is 26.2 Å². The van der Waals surface area contributed by atoms with Gasteiger partial charge in [0.05, 0.1) is 6.54 Å². The average molecular weight is 255 g/mol. The number of alkyl halides is 3. The highest BCUT2D eigenvalue weighted by Gasteiger charge is 2.34. The highest BCUT2D eigenvalue weighted by Crippen LogP contribution is 2.28. The third-order valence-electron chi connectivity index (χ3n) is 3.34. The first-order valence-corrected chi connectivity index (χ1v) is 6.22. The smallest absolute Gasteiger partial charge is 0.396 e.